The van der Waals surface area contributed by atoms with Gasteiger partial charge in [0.15, 0.2) is 0 Å². The molecule has 144 valence electrons. The molecule has 2 amide bonds. The molecular weight excluding hydrogens is 393 g/mol. The number of carbonyl (C=O) groups is 2. The standard InChI is InChI=1S/C18H24ClN3O2S.ClH/c1-20-10-13-6-8-21(9-7-13)18(24)16-11-25-12-22(16)17(23)14-2-4-15(19)5-3-14;/h2-5,13,16,20H,6-12H2,1H3;1H. The van der Waals surface area contributed by atoms with Crippen molar-refractivity contribution in [1.29, 1.82) is 0 Å². The second-order valence-corrected chi connectivity index (χ2v) is 8.06. The SMILES string of the molecule is CNCC1CCN(C(=O)C2CSCN2C(=O)c2ccc(Cl)cc2)CC1.Cl. The van der Waals surface area contributed by atoms with E-state index >= 15 is 0 Å². The summed E-state index contributed by atoms with van der Waals surface area (Å²) in [5, 5.41) is 3.81. The van der Waals surface area contributed by atoms with Crippen LogP contribution in [0, 0.1) is 5.92 Å². The van der Waals surface area contributed by atoms with Crippen LogP contribution >= 0.6 is 35.8 Å². The van der Waals surface area contributed by atoms with E-state index < -0.39 is 0 Å². The molecule has 0 radical (unpaired) electrons. The Morgan fingerprint density at radius 3 is 2.50 bits per heavy atom. The highest BCUT2D eigenvalue weighted by molar-refractivity contribution is 7.99. The van der Waals surface area contributed by atoms with E-state index in [1.165, 1.54) is 0 Å². The summed E-state index contributed by atoms with van der Waals surface area (Å²) in [6.45, 7) is 2.58. The zero-order chi connectivity index (χ0) is 17.8. The average Bonchev–Trinajstić information content (AvgIpc) is 3.12. The quantitative estimate of drug-likeness (QED) is 0.817. The van der Waals surface area contributed by atoms with Gasteiger partial charge < -0.3 is 15.1 Å². The lowest BCUT2D eigenvalue weighted by Crippen LogP contribution is -2.51. The summed E-state index contributed by atoms with van der Waals surface area (Å²) >= 11 is 7.54. The molecule has 1 aromatic rings. The normalized spacial score (nSPS) is 20.8. The number of benzene rings is 1. The van der Waals surface area contributed by atoms with Crippen LogP contribution in [0.3, 0.4) is 0 Å². The van der Waals surface area contributed by atoms with Crippen molar-refractivity contribution in [3.8, 4) is 0 Å². The number of likely N-dealkylation sites (tertiary alicyclic amines) is 1. The van der Waals surface area contributed by atoms with Gasteiger partial charge in [-0.1, -0.05) is 11.6 Å². The molecule has 2 aliphatic heterocycles. The fourth-order valence-corrected chi connectivity index (χ4v) is 4.73. The molecule has 2 saturated heterocycles. The topological polar surface area (TPSA) is 52.7 Å². The van der Waals surface area contributed by atoms with Crippen LogP contribution in [-0.4, -0.2) is 66.0 Å². The molecule has 0 spiro atoms. The van der Waals surface area contributed by atoms with Crippen molar-refractivity contribution in [2.45, 2.75) is 18.9 Å². The summed E-state index contributed by atoms with van der Waals surface area (Å²) < 4.78 is 0. The number of hydrogen-bond donors (Lipinski definition) is 1. The van der Waals surface area contributed by atoms with E-state index in [1.807, 2.05) is 11.9 Å². The first-order valence-electron chi connectivity index (χ1n) is 8.68. The van der Waals surface area contributed by atoms with Crippen LogP contribution in [0.15, 0.2) is 24.3 Å². The lowest BCUT2D eigenvalue weighted by atomic mass is 9.96. The van der Waals surface area contributed by atoms with Gasteiger partial charge in [0.25, 0.3) is 5.91 Å². The van der Waals surface area contributed by atoms with Crippen molar-refractivity contribution in [1.82, 2.24) is 15.1 Å². The highest BCUT2D eigenvalue weighted by atomic mass is 35.5. The van der Waals surface area contributed by atoms with Gasteiger partial charge in [-0.05, 0) is 56.6 Å². The van der Waals surface area contributed by atoms with E-state index in [2.05, 4.69) is 5.32 Å². The fourth-order valence-electron chi connectivity index (χ4n) is 3.46. The Bertz CT molecular complexity index is 621. The lowest BCUT2D eigenvalue weighted by molar-refractivity contribution is -0.136. The third kappa shape index (κ3) is 4.85. The summed E-state index contributed by atoms with van der Waals surface area (Å²) in [4.78, 5) is 29.4. The van der Waals surface area contributed by atoms with Gasteiger partial charge in [0.1, 0.15) is 6.04 Å². The van der Waals surface area contributed by atoms with E-state index in [0.29, 0.717) is 28.1 Å². The molecule has 0 aromatic heterocycles. The van der Waals surface area contributed by atoms with Gasteiger partial charge in [-0.3, -0.25) is 9.59 Å². The van der Waals surface area contributed by atoms with E-state index in [0.717, 1.165) is 32.5 Å². The monoisotopic (exact) mass is 417 g/mol. The number of nitrogens with one attached hydrogen (secondary N) is 1. The van der Waals surface area contributed by atoms with Crippen LogP contribution < -0.4 is 5.32 Å². The molecule has 1 N–H and O–H groups in total. The number of hydrogen-bond acceptors (Lipinski definition) is 4. The molecule has 1 aromatic carbocycles. The van der Waals surface area contributed by atoms with Gasteiger partial charge in [0.05, 0.1) is 5.88 Å². The number of thioether (sulfide) groups is 1. The summed E-state index contributed by atoms with van der Waals surface area (Å²) in [6.07, 6.45) is 2.05. The van der Waals surface area contributed by atoms with Gasteiger partial charge in [-0.2, -0.15) is 0 Å². The Morgan fingerprint density at radius 2 is 1.88 bits per heavy atom. The van der Waals surface area contributed by atoms with Crippen molar-refractivity contribution >= 4 is 47.6 Å². The number of carbonyl (C=O) groups excluding carboxylic acids is 2. The molecule has 3 rings (SSSR count). The Morgan fingerprint density at radius 1 is 1.23 bits per heavy atom. The smallest absolute Gasteiger partial charge is 0.255 e. The van der Waals surface area contributed by atoms with Crippen molar-refractivity contribution in [3.63, 3.8) is 0 Å². The highest BCUT2D eigenvalue weighted by Gasteiger charge is 2.38. The molecule has 1 atom stereocenters. The van der Waals surface area contributed by atoms with Crippen molar-refractivity contribution < 1.29 is 9.59 Å². The third-order valence-electron chi connectivity index (χ3n) is 4.94. The molecule has 2 heterocycles. The Labute approximate surface area is 170 Å². The number of nitrogens with zero attached hydrogens (tertiary/aromatic N) is 2. The molecular formula is C18H25Cl2N3O2S. The maximum absolute atomic E-state index is 12.9. The number of halogens is 2. The lowest BCUT2D eigenvalue weighted by Gasteiger charge is -2.35. The van der Waals surface area contributed by atoms with Gasteiger partial charge in [-0.25, -0.2) is 0 Å². The van der Waals surface area contributed by atoms with Gasteiger partial charge in [0, 0.05) is 29.4 Å². The predicted molar refractivity (Wildman–Crippen MR) is 109 cm³/mol. The molecule has 2 aliphatic rings. The molecule has 26 heavy (non-hydrogen) atoms. The molecule has 0 aliphatic carbocycles. The minimum absolute atomic E-state index is 0. The van der Waals surface area contributed by atoms with Gasteiger partial charge in [0.2, 0.25) is 5.91 Å². The Hall–Kier alpha value is -0.950. The van der Waals surface area contributed by atoms with E-state index in [-0.39, 0.29) is 30.3 Å². The first-order chi connectivity index (χ1) is 12.1. The number of piperidine rings is 1. The fraction of sp³-hybridized carbons (Fsp3) is 0.556. The zero-order valence-electron chi connectivity index (χ0n) is 14.8. The second kappa shape index (κ2) is 9.83. The van der Waals surface area contributed by atoms with Crippen molar-refractivity contribution in [2.75, 3.05) is 38.3 Å². The predicted octanol–water partition coefficient (Wildman–Crippen LogP) is 2.73. The van der Waals surface area contributed by atoms with Crippen LogP contribution in [0.1, 0.15) is 23.2 Å². The first-order valence-corrected chi connectivity index (χ1v) is 10.2. The average molecular weight is 418 g/mol. The summed E-state index contributed by atoms with van der Waals surface area (Å²) in [7, 11) is 1.97. The Balaban J connectivity index is 0.00000243. The third-order valence-corrected chi connectivity index (χ3v) is 6.20. The molecule has 0 saturated carbocycles. The largest absolute Gasteiger partial charge is 0.341 e. The van der Waals surface area contributed by atoms with E-state index in [9.17, 15) is 9.59 Å². The van der Waals surface area contributed by atoms with Gasteiger partial charge in [-0.15, -0.1) is 24.2 Å². The maximum atomic E-state index is 12.9. The van der Waals surface area contributed by atoms with Crippen LogP contribution in [0.5, 0.6) is 0 Å². The molecule has 5 nitrogen and oxygen atoms in total. The van der Waals surface area contributed by atoms with Crippen LogP contribution in [0.25, 0.3) is 0 Å². The van der Waals surface area contributed by atoms with Crippen molar-refractivity contribution in [3.05, 3.63) is 34.9 Å². The minimum atomic E-state index is -0.353. The number of rotatable bonds is 4. The van der Waals surface area contributed by atoms with Crippen molar-refractivity contribution in [2.24, 2.45) is 5.92 Å². The maximum Gasteiger partial charge on any atom is 0.255 e. The molecule has 2 fully saturated rings. The second-order valence-electron chi connectivity index (χ2n) is 6.62. The molecule has 8 heteroatoms. The number of amides is 2. The van der Waals surface area contributed by atoms with Crippen LogP contribution in [0.2, 0.25) is 5.02 Å². The zero-order valence-corrected chi connectivity index (χ0v) is 17.2. The first kappa shape index (κ1) is 21.4. The minimum Gasteiger partial charge on any atom is -0.341 e. The summed E-state index contributed by atoms with van der Waals surface area (Å²) in [5.74, 6) is 1.88. The summed E-state index contributed by atoms with van der Waals surface area (Å²) in [5.41, 5.74) is 0.581. The summed E-state index contributed by atoms with van der Waals surface area (Å²) in [6, 6.07) is 6.51. The van der Waals surface area contributed by atoms with Crippen LogP contribution in [-0.2, 0) is 4.79 Å². The molecule has 0 bridgehead atoms. The van der Waals surface area contributed by atoms with Gasteiger partial charge >= 0.3 is 0 Å². The van der Waals surface area contributed by atoms with E-state index in [1.54, 1.807) is 40.9 Å². The molecule has 1 unspecified atom stereocenters. The highest BCUT2D eigenvalue weighted by Crippen LogP contribution is 2.27. The Kier molecular flexibility index (Phi) is 8.07. The van der Waals surface area contributed by atoms with Crippen LogP contribution in [0.4, 0.5) is 0 Å². The van der Waals surface area contributed by atoms with E-state index in [4.69, 9.17) is 11.6 Å².